The second kappa shape index (κ2) is 7.01. The highest BCUT2D eigenvalue weighted by atomic mass is 32.2. The van der Waals surface area contributed by atoms with E-state index < -0.39 is 16.0 Å². The molecule has 0 saturated carbocycles. The summed E-state index contributed by atoms with van der Waals surface area (Å²) < 4.78 is 39.2. The highest BCUT2D eigenvalue weighted by Gasteiger charge is 2.24. The first-order valence-corrected chi connectivity index (χ1v) is 8.74. The van der Waals surface area contributed by atoms with Gasteiger partial charge in [0.2, 0.25) is 0 Å². The second-order valence-corrected chi connectivity index (χ2v) is 7.10. The smallest absolute Gasteiger partial charge is 0.339 e. The first kappa shape index (κ1) is 18.6. The number of benzene rings is 1. The number of sulfonamides is 1. The molecule has 2 N–H and O–H groups in total. The average molecular weight is 369 g/mol. The summed E-state index contributed by atoms with van der Waals surface area (Å²) in [6, 6.07) is 2.28. The number of carboxylic acid groups (broad SMARTS) is 1. The molecule has 0 unspecified atom stereocenters. The van der Waals surface area contributed by atoms with E-state index in [1.165, 1.54) is 26.5 Å². The fraction of sp³-hybridized carbons (Fsp3) is 0.333. The Hall–Kier alpha value is -2.75. The van der Waals surface area contributed by atoms with Gasteiger partial charge in [0.05, 0.1) is 31.0 Å². The monoisotopic (exact) mass is 369 g/mol. The topological polar surface area (TPSA) is 120 Å². The summed E-state index contributed by atoms with van der Waals surface area (Å²) in [6.07, 6.45) is 2.91. The molecule has 10 heteroatoms. The van der Waals surface area contributed by atoms with Gasteiger partial charge in [0, 0.05) is 18.3 Å². The number of methoxy groups -OCH3 is 2. The summed E-state index contributed by atoms with van der Waals surface area (Å²) in [5.74, 6) is -1.39. The first-order valence-electron chi connectivity index (χ1n) is 7.26. The molecular formula is C15H19N3O6S. The lowest BCUT2D eigenvalue weighted by Gasteiger charge is -2.13. The van der Waals surface area contributed by atoms with Crippen LogP contribution in [-0.2, 0) is 10.0 Å². The van der Waals surface area contributed by atoms with E-state index in [4.69, 9.17) is 9.47 Å². The van der Waals surface area contributed by atoms with Crippen LogP contribution >= 0.6 is 0 Å². The number of anilines is 1. The number of ether oxygens (including phenoxy) is 2. The number of aromatic nitrogens is 2. The zero-order chi connectivity index (χ0) is 18.8. The molecule has 136 valence electrons. The fourth-order valence-corrected chi connectivity index (χ4v) is 3.21. The molecule has 0 saturated heterocycles. The molecule has 0 spiro atoms. The summed E-state index contributed by atoms with van der Waals surface area (Å²) in [4.78, 5) is 11.1. The van der Waals surface area contributed by atoms with Crippen molar-refractivity contribution in [1.29, 1.82) is 0 Å². The van der Waals surface area contributed by atoms with Gasteiger partial charge >= 0.3 is 5.97 Å². The van der Waals surface area contributed by atoms with Crippen molar-refractivity contribution >= 4 is 21.7 Å². The Kier molecular flexibility index (Phi) is 5.21. The Morgan fingerprint density at radius 2 is 1.96 bits per heavy atom. The van der Waals surface area contributed by atoms with Gasteiger partial charge in [-0.05, 0) is 19.9 Å². The van der Waals surface area contributed by atoms with Crippen molar-refractivity contribution in [2.45, 2.75) is 24.8 Å². The third-order valence-electron chi connectivity index (χ3n) is 3.38. The predicted octanol–water partition coefficient (Wildman–Crippen LogP) is 1.98. The van der Waals surface area contributed by atoms with E-state index in [9.17, 15) is 18.3 Å². The molecule has 0 bridgehead atoms. The number of aromatic carboxylic acids is 1. The maximum absolute atomic E-state index is 12.6. The van der Waals surface area contributed by atoms with E-state index in [-0.39, 0.29) is 33.7 Å². The SMILES string of the molecule is COc1cc(S(=O)(=O)Nc2cnn(C(C)C)c2)cc(C(=O)O)c1OC. The van der Waals surface area contributed by atoms with Gasteiger partial charge in [0.15, 0.2) is 11.5 Å². The van der Waals surface area contributed by atoms with Crippen LogP contribution in [0.15, 0.2) is 29.4 Å². The Morgan fingerprint density at radius 3 is 2.44 bits per heavy atom. The first-order chi connectivity index (χ1) is 11.7. The summed E-state index contributed by atoms with van der Waals surface area (Å²) in [5.41, 5.74) is -0.0551. The minimum atomic E-state index is -4.04. The molecule has 0 aliphatic carbocycles. The number of hydrogen-bond donors (Lipinski definition) is 2. The van der Waals surface area contributed by atoms with Crippen molar-refractivity contribution in [2.24, 2.45) is 0 Å². The van der Waals surface area contributed by atoms with Gasteiger partial charge in [-0.3, -0.25) is 9.40 Å². The van der Waals surface area contributed by atoms with Gasteiger partial charge in [-0.15, -0.1) is 0 Å². The minimum absolute atomic E-state index is 0.000602. The Balaban J connectivity index is 2.47. The molecule has 0 aliphatic rings. The van der Waals surface area contributed by atoms with E-state index in [0.29, 0.717) is 0 Å². The van der Waals surface area contributed by atoms with Crippen LogP contribution in [0.3, 0.4) is 0 Å². The standard InChI is InChI=1S/C15H19N3O6S/c1-9(2)18-8-10(7-16-18)17-25(21,22)11-5-12(15(19)20)14(24-4)13(6-11)23-3/h5-9,17H,1-4H3,(H,19,20). The molecule has 1 heterocycles. The van der Waals surface area contributed by atoms with E-state index in [0.717, 1.165) is 6.07 Å². The van der Waals surface area contributed by atoms with Crippen LogP contribution in [0.4, 0.5) is 5.69 Å². The molecule has 0 atom stereocenters. The highest BCUT2D eigenvalue weighted by Crippen LogP contribution is 2.34. The van der Waals surface area contributed by atoms with Crippen LogP contribution in [0, 0.1) is 0 Å². The van der Waals surface area contributed by atoms with E-state index in [1.54, 1.807) is 10.9 Å². The third kappa shape index (κ3) is 3.85. The van der Waals surface area contributed by atoms with E-state index in [1.807, 2.05) is 13.8 Å². The summed E-state index contributed by atoms with van der Waals surface area (Å²) in [6.45, 7) is 3.80. The molecular weight excluding hydrogens is 350 g/mol. The number of nitrogens with zero attached hydrogens (tertiary/aromatic N) is 2. The number of carbonyl (C=O) groups is 1. The quantitative estimate of drug-likeness (QED) is 0.765. The molecule has 2 rings (SSSR count). The molecule has 9 nitrogen and oxygen atoms in total. The van der Waals surface area contributed by atoms with Crippen LogP contribution in [0.25, 0.3) is 0 Å². The molecule has 25 heavy (non-hydrogen) atoms. The predicted molar refractivity (Wildman–Crippen MR) is 89.9 cm³/mol. The number of carboxylic acids is 1. The number of nitrogens with one attached hydrogen (secondary N) is 1. The van der Waals surface area contributed by atoms with Crippen molar-refractivity contribution < 1.29 is 27.8 Å². The lowest BCUT2D eigenvalue weighted by atomic mass is 10.2. The Bertz CT molecular complexity index is 889. The molecule has 0 amide bonds. The molecule has 1 aromatic heterocycles. The van der Waals surface area contributed by atoms with E-state index in [2.05, 4.69) is 9.82 Å². The lowest BCUT2D eigenvalue weighted by molar-refractivity contribution is 0.0692. The lowest BCUT2D eigenvalue weighted by Crippen LogP contribution is -2.14. The van der Waals surface area contributed by atoms with Crippen molar-refractivity contribution in [3.8, 4) is 11.5 Å². The number of hydrogen-bond acceptors (Lipinski definition) is 6. The van der Waals surface area contributed by atoms with Gasteiger partial charge in [0.1, 0.15) is 5.56 Å². The van der Waals surface area contributed by atoms with Crippen molar-refractivity contribution in [3.63, 3.8) is 0 Å². The van der Waals surface area contributed by atoms with Gasteiger partial charge in [-0.2, -0.15) is 5.10 Å². The molecule has 1 aromatic carbocycles. The van der Waals surface area contributed by atoms with Crippen LogP contribution in [-0.4, -0.2) is 43.5 Å². The van der Waals surface area contributed by atoms with Gasteiger partial charge in [-0.1, -0.05) is 0 Å². The highest BCUT2D eigenvalue weighted by molar-refractivity contribution is 7.92. The van der Waals surface area contributed by atoms with Crippen LogP contribution in [0.2, 0.25) is 0 Å². The molecule has 0 fully saturated rings. The van der Waals surface area contributed by atoms with Gasteiger partial charge in [0.25, 0.3) is 10.0 Å². The Morgan fingerprint density at radius 1 is 1.28 bits per heavy atom. The van der Waals surface area contributed by atoms with Crippen molar-refractivity contribution in [2.75, 3.05) is 18.9 Å². The third-order valence-corrected chi connectivity index (χ3v) is 4.74. The second-order valence-electron chi connectivity index (χ2n) is 5.42. The van der Waals surface area contributed by atoms with Crippen LogP contribution < -0.4 is 14.2 Å². The van der Waals surface area contributed by atoms with Gasteiger partial charge in [-0.25, -0.2) is 13.2 Å². The molecule has 2 aromatic rings. The summed E-state index contributed by atoms with van der Waals surface area (Å²) in [5, 5.41) is 13.3. The largest absolute Gasteiger partial charge is 0.493 e. The summed E-state index contributed by atoms with van der Waals surface area (Å²) in [7, 11) is -1.48. The maximum atomic E-state index is 12.6. The fourth-order valence-electron chi connectivity index (χ4n) is 2.14. The maximum Gasteiger partial charge on any atom is 0.339 e. The zero-order valence-corrected chi connectivity index (χ0v) is 15.0. The minimum Gasteiger partial charge on any atom is -0.493 e. The van der Waals surface area contributed by atoms with E-state index >= 15 is 0 Å². The van der Waals surface area contributed by atoms with Crippen LogP contribution in [0.5, 0.6) is 11.5 Å². The Labute approximate surface area is 145 Å². The summed E-state index contributed by atoms with van der Waals surface area (Å²) >= 11 is 0. The molecule has 0 radical (unpaired) electrons. The normalized spacial score (nSPS) is 11.4. The average Bonchev–Trinajstić information content (AvgIpc) is 3.01. The van der Waals surface area contributed by atoms with Gasteiger partial charge < -0.3 is 14.6 Å². The van der Waals surface area contributed by atoms with Crippen LogP contribution in [0.1, 0.15) is 30.2 Å². The number of rotatable bonds is 7. The molecule has 0 aliphatic heterocycles. The zero-order valence-electron chi connectivity index (χ0n) is 14.2. The van der Waals surface area contributed by atoms with Crippen molar-refractivity contribution in [3.05, 3.63) is 30.1 Å². The van der Waals surface area contributed by atoms with Crippen molar-refractivity contribution in [1.82, 2.24) is 9.78 Å².